The van der Waals surface area contributed by atoms with Crippen LogP contribution in [0.5, 0.6) is 11.5 Å². The number of esters is 1. The van der Waals surface area contributed by atoms with Crippen LogP contribution >= 0.6 is 11.6 Å². The van der Waals surface area contributed by atoms with Gasteiger partial charge in [-0.15, -0.1) is 0 Å². The van der Waals surface area contributed by atoms with Crippen molar-refractivity contribution >= 4 is 29.2 Å². The Kier molecular flexibility index (Phi) is 6.65. The number of halogens is 1. The molecule has 1 atom stereocenters. The van der Waals surface area contributed by atoms with Crippen LogP contribution in [0.25, 0.3) is 0 Å². The molecule has 0 aliphatic heterocycles. The Morgan fingerprint density at radius 3 is 2.24 bits per heavy atom. The molecular weight excluding hydrogens is 346 g/mol. The quantitative estimate of drug-likeness (QED) is 0.764. The van der Waals surface area contributed by atoms with E-state index < -0.39 is 18.0 Å². The lowest BCUT2D eigenvalue weighted by atomic mass is 10.3. The average molecular weight is 364 g/mol. The number of amides is 1. The summed E-state index contributed by atoms with van der Waals surface area (Å²) < 4.78 is 15.4. The molecule has 132 valence electrons. The molecule has 7 heteroatoms. The monoisotopic (exact) mass is 363 g/mol. The lowest BCUT2D eigenvalue weighted by molar-refractivity contribution is -0.155. The van der Waals surface area contributed by atoms with E-state index in [1.807, 2.05) is 0 Å². The number of carbonyl (C=O) groups is 2. The van der Waals surface area contributed by atoms with Crippen molar-refractivity contribution in [3.8, 4) is 11.5 Å². The third kappa shape index (κ3) is 6.00. The fraction of sp³-hybridized carbons (Fsp3) is 0.222. The van der Waals surface area contributed by atoms with Gasteiger partial charge in [0.2, 0.25) is 0 Å². The van der Waals surface area contributed by atoms with Gasteiger partial charge in [-0.1, -0.05) is 11.6 Å². The highest BCUT2D eigenvalue weighted by Gasteiger charge is 2.18. The van der Waals surface area contributed by atoms with Crippen molar-refractivity contribution in [1.29, 1.82) is 0 Å². The van der Waals surface area contributed by atoms with E-state index >= 15 is 0 Å². The van der Waals surface area contributed by atoms with E-state index in [1.165, 1.54) is 6.92 Å². The first-order valence-electron chi connectivity index (χ1n) is 7.50. The lowest BCUT2D eigenvalue weighted by Crippen LogP contribution is -2.31. The van der Waals surface area contributed by atoms with Crippen molar-refractivity contribution in [2.45, 2.75) is 13.0 Å². The molecule has 0 bridgehead atoms. The number of hydrogen-bond donors (Lipinski definition) is 1. The molecule has 0 fully saturated rings. The largest absolute Gasteiger partial charge is 0.497 e. The van der Waals surface area contributed by atoms with Gasteiger partial charge < -0.3 is 19.5 Å². The van der Waals surface area contributed by atoms with Gasteiger partial charge in [-0.2, -0.15) is 0 Å². The summed E-state index contributed by atoms with van der Waals surface area (Å²) >= 11 is 5.78. The van der Waals surface area contributed by atoms with Crippen LogP contribution in [0.3, 0.4) is 0 Å². The smallest absolute Gasteiger partial charge is 0.344 e. The predicted molar refractivity (Wildman–Crippen MR) is 94.1 cm³/mol. The van der Waals surface area contributed by atoms with Crippen molar-refractivity contribution in [3.05, 3.63) is 53.6 Å². The first kappa shape index (κ1) is 18.6. The van der Waals surface area contributed by atoms with Crippen LogP contribution in [0.15, 0.2) is 48.5 Å². The van der Waals surface area contributed by atoms with E-state index in [9.17, 15) is 9.59 Å². The van der Waals surface area contributed by atoms with Crippen LogP contribution in [0.1, 0.15) is 6.92 Å². The molecule has 2 aromatic carbocycles. The van der Waals surface area contributed by atoms with Gasteiger partial charge in [0.25, 0.3) is 5.91 Å². The maximum Gasteiger partial charge on any atom is 0.344 e. The van der Waals surface area contributed by atoms with Gasteiger partial charge >= 0.3 is 5.97 Å². The van der Waals surface area contributed by atoms with Crippen LogP contribution < -0.4 is 14.8 Å². The molecule has 0 heterocycles. The minimum absolute atomic E-state index is 0.301. The van der Waals surface area contributed by atoms with Crippen molar-refractivity contribution in [1.82, 2.24) is 0 Å². The Hall–Kier alpha value is -2.73. The van der Waals surface area contributed by atoms with Crippen LogP contribution in [0.2, 0.25) is 5.02 Å². The Labute approximate surface area is 150 Å². The summed E-state index contributed by atoms with van der Waals surface area (Å²) in [6, 6.07) is 13.4. The molecule has 1 amide bonds. The standard InChI is InChI=1S/C18H18ClNO5/c1-12(18(22)20-14-5-3-13(19)4-6-14)25-17(21)11-24-16-9-7-15(23-2)8-10-16/h3-10,12H,11H2,1-2H3,(H,20,22)/t12-/m0/s1. The fourth-order valence-electron chi connectivity index (χ4n) is 1.88. The molecule has 0 aliphatic carbocycles. The number of carbonyl (C=O) groups excluding carboxylic acids is 2. The summed E-state index contributed by atoms with van der Waals surface area (Å²) in [5.41, 5.74) is 0.562. The van der Waals surface area contributed by atoms with Gasteiger partial charge in [0, 0.05) is 10.7 Å². The van der Waals surface area contributed by atoms with Gasteiger partial charge in [0.1, 0.15) is 11.5 Å². The van der Waals surface area contributed by atoms with Gasteiger partial charge in [-0.25, -0.2) is 4.79 Å². The van der Waals surface area contributed by atoms with Crippen LogP contribution in [-0.2, 0) is 14.3 Å². The number of rotatable bonds is 7. The molecule has 1 N–H and O–H groups in total. The third-order valence-electron chi connectivity index (χ3n) is 3.21. The second-order valence-corrected chi connectivity index (χ2v) is 5.53. The molecule has 0 aliphatic rings. The number of ether oxygens (including phenoxy) is 3. The Balaban J connectivity index is 1.78. The highest BCUT2D eigenvalue weighted by atomic mass is 35.5. The molecule has 0 saturated heterocycles. The first-order chi connectivity index (χ1) is 12.0. The van der Waals surface area contributed by atoms with E-state index in [0.717, 1.165) is 0 Å². The van der Waals surface area contributed by atoms with E-state index in [1.54, 1.807) is 55.6 Å². The minimum atomic E-state index is -0.956. The first-order valence-corrected chi connectivity index (χ1v) is 7.88. The average Bonchev–Trinajstić information content (AvgIpc) is 2.62. The van der Waals surface area contributed by atoms with Crippen LogP contribution in [0, 0.1) is 0 Å². The summed E-state index contributed by atoms with van der Waals surface area (Å²) in [5, 5.41) is 3.19. The summed E-state index contributed by atoms with van der Waals surface area (Å²) in [6.07, 6.45) is -0.956. The Morgan fingerprint density at radius 2 is 1.64 bits per heavy atom. The SMILES string of the molecule is COc1ccc(OCC(=O)O[C@@H](C)C(=O)Nc2ccc(Cl)cc2)cc1. The van der Waals surface area contributed by atoms with Gasteiger partial charge in [-0.3, -0.25) is 4.79 Å². The third-order valence-corrected chi connectivity index (χ3v) is 3.46. The molecule has 0 unspecified atom stereocenters. The lowest BCUT2D eigenvalue weighted by Gasteiger charge is -2.14. The van der Waals surface area contributed by atoms with Crippen molar-refractivity contribution < 1.29 is 23.8 Å². The maximum atomic E-state index is 12.0. The molecule has 2 aromatic rings. The second kappa shape index (κ2) is 8.94. The number of anilines is 1. The molecule has 25 heavy (non-hydrogen) atoms. The second-order valence-electron chi connectivity index (χ2n) is 5.09. The molecule has 0 spiro atoms. The summed E-state index contributed by atoms with van der Waals surface area (Å²) in [7, 11) is 1.56. The topological polar surface area (TPSA) is 73.9 Å². The maximum absolute atomic E-state index is 12.0. The number of nitrogens with one attached hydrogen (secondary N) is 1. The summed E-state index contributed by atoms with van der Waals surface area (Å²) in [4.78, 5) is 23.8. The van der Waals surface area contributed by atoms with Crippen molar-refractivity contribution in [2.75, 3.05) is 19.0 Å². The Morgan fingerprint density at radius 1 is 1.04 bits per heavy atom. The van der Waals surface area contributed by atoms with Crippen LogP contribution in [-0.4, -0.2) is 31.7 Å². The van der Waals surface area contributed by atoms with E-state index in [4.69, 9.17) is 25.8 Å². The van der Waals surface area contributed by atoms with Gasteiger partial charge in [-0.05, 0) is 55.5 Å². The van der Waals surface area contributed by atoms with Gasteiger partial charge in [0.05, 0.1) is 7.11 Å². The number of hydrogen-bond acceptors (Lipinski definition) is 5. The molecule has 2 rings (SSSR count). The zero-order valence-electron chi connectivity index (χ0n) is 13.8. The fourth-order valence-corrected chi connectivity index (χ4v) is 2.00. The summed E-state index contributed by atoms with van der Waals surface area (Å²) in [6.45, 7) is 1.18. The molecule has 0 aromatic heterocycles. The normalized spacial score (nSPS) is 11.3. The molecule has 6 nitrogen and oxygen atoms in total. The van der Waals surface area contributed by atoms with E-state index in [0.29, 0.717) is 22.2 Å². The Bertz CT molecular complexity index is 715. The minimum Gasteiger partial charge on any atom is -0.497 e. The predicted octanol–water partition coefficient (Wildman–Crippen LogP) is 3.30. The van der Waals surface area contributed by atoms with Gasteiger partial charge in [0.15, 0.2) is 12.7 Å². The number of benzene rings is 2. The highest BCUT2D eigenvalue weighted by Crippen LogP contribution is 2.17. The number of methoxy groups -OCH3 is 1. The van der Waals surface area contributed by atoms with Crippen molar-refractivity contribution in [3.63, 3.8) is 0 Å². The molecule has 0 radical (unpaired) electrons. The molecule has 0 saturated carbocycles. The van der Waals surface area contributed by atoms with E-state index in [-0.39, 0.29) is 6.61 Å². The summed E-state index contributed by atoms with van der Waals surface area (Å²) in [5.74, 6) is 0.0909. The zero-order chi connectivity index (χ0) is 18.2. The van der Waals surface area contributed by atoms with E-state index in [2.05, 4.69) is 5.32 Å². The highest BCUT2D eigenvalue weighted by molar-refractivity contribution is 6.30. The zero-order valence-corrected chi connectivity index (χ0v) is 14.6. The van der Waals surface area contributed by atoms with Crippen molar-refractivity contribution in [2.24, 2.45) is 0 Å². The molecular formula is C18H18ClNO5. The van der Waals surface area contributed by atoms with Crippen LogP contribution in [0.4, 0.5) is 5.69 Å².